The van der Waals surface area contributed by atoms with Crippen LogP contribution in [0.1, 0.15) is 30.9 Å². The second-order valence-electron chi connectivity index (χ2n) is 4.61. The molecule has 2 rings (SSSR count). The molecular weight excluding hydrogens is 264 g/mol. The molecule has 0 bridgehead atoms. The SMILES string of the molecule is NC(CC1CCCNC1)c1ccc(Br)cc1. The van der Waals surface area contributed by atoms with Crippen molar-refractivity contribution in [3.63, 3.8) is 0 Å². The van der Waals surface area contributed by atoms with Crippen molar-refractivity contribution in [3.05, 3.63) is 34.3 Å². The predicted molar refractivity (Wildman–Crippen MR) is 71.3 cm³/mol. The van der Waals surface area contributed by atoms with E-state index in [1.807, 2.05) is 0 Å². The average molecular weight is 283 g/mol. The first kappa shape index (κ1) is 12.1. The Balaban J connectivity index is 1.91. The van der Waals surface area contributed by atoms with E-state index in [1.165, 1.54) is 24.9 Å². The Kier molecular flexibility index (Phi) is 4.38. The van der Waals surface area contributed by atoms with Gasteiger partial charge in [-0.1, -0.05) is 28.1 Å². The molecule has 2 nitrogen and oxygen atoms in total. The van der Waals surface area contributed by atoms with E-state index in [-0.39, 0.29) is 6.04 Å². The molecule has 0 amide bonds. The van der Waals surface area contributed by atoms with E-state index in [9.17, 15) is 0 Å². The molecule has 88 valence electrons. The van der Waals surface area contributed by atoms with Crippen molar-refractivity contribution >= 4 is 15.9 Å². The summed E-state index contributed by atoms with van der Waals surface area (Å²) in [6.45, 7) is 2.30. The van der Waals surface area contributed by atoms with Crippen LogP contribution in [0.15, 0.2) is 28.7 Å². The summed E-state index contributed by atoms with van der Waals surface area (Å²) in [7, 11) is 0. The number of hydrogen-bond donors (Lipinski definition) is 2. The quantitative estimate of drug-likeness (QED) is 0.895. The highest BCUT2D eigenvalue weighted by Crippen LogP contribution is 2.24. The van der Waals surface area contributed by atoms with E-state index in [1.54, 1.807) is 0 Å². The highest BCUT2D eigenvalue weighted by atomic mass is 79.9. The van der Waals surface area contributed by atoms with Gasteiger partial charge in [0.05, 0.1) is 0 Å². The molecule has 0 aliphatic carbocycles. The lowest BCUT2D eigenvalue weighted by atomic mass is 9.90. The second kappa shape index (κ2) is 5.80. The number of nitrogens with one attached hydrogen (secondary N) is 1. The molecule has 1 heterocycles. The van der Waals surface area contributed by atoms with Gasteiger partial charge in [-0.15, -0.1) is 0 Å². The van der Waals surface area contributed by atoms with Crippen LogP contribution in [0.2, 0.25) is 0 Å². The summed E-state index contributed by atoms with van der Waals surface area (Å²) in [6.07, 6.45) is 3.70. The summed E-state index contributed by atoms with van der Waals surface area (Å²) in [5.74, 6) is 0.743. The van der Waals surface area contributed by atoms with Crippen molar-refractivity contribution in [2.24, 2.45) is 11.7 Å². The minimum Gasteiger partial charge on any atom is -0.324 e. The van der Waals surface area contributed by atoms with Crippen LogP contribution in [0.5, 0.6) is 0 Å². The number of nitrogens with two attached hydrogens (primary N) is 1. The summed E-state index contributed by atoms with van der Waals surface area (Å²) in [5, 5.41) is 3.44. The summed E-state index contributed by atoms with van der Waals surface area (Å²) >= 11 is 3.44. The largest absolute Gasteiger partial charge is 0.324 e. The maximum Gasteiger partial charge on any atom is 0.0297 e. The minimum atomic E-state index is 0.179. The van der Waals surface area contributed by atoms with Gasteiger partial charge in [0.2, 0.25) is 0 Å². The molecule has 1 aliphatic heterocycles. The van der Waals surface area contributed by atoms with E-state index in [4.69, 9.17) is 5.73 Å². The standard InChI is InChI=1S/C13H19BrN2/c14-12-5-3-11(4-6-12)13(15)8-10-2-1-7-16-9-10/h3-6,10,13,16H,1-2,7-9,15H2. The number of hydrogen-bond acceptors (Lipinski definition) is 2. The molecule has 0 radical (unpaired) electrons. The van der Waals surface area contributed by atoms with Crippen LogP contribution in [0, 0.1) is 5.92 Å². The maximum atomic E-state index is 6.23. The van der Waals surface area contributed by atoms with E-state index in [0.29, 0.717) is 0 Å². The molecule has 3 heteroatoms. The Labute approximate surface area is 106 Å². The lowest BCUT2D eigenvalue weighted by Gasteiger charge is -2.25. The normalized spacial score (nSPS) is 23.0. The smallest absolute Gasteiger partial charge is 0.0297 e. The van der Waals surface area contributed by atoms with Gasteiger partial charge in [-0.3, -0.25) is 0 Å². The summed E-state index contributed by atoms with van der Waals surface area (Å²) in [4.78, 5) is 0. The van der Waals surface area contributed by atoms with Crippen molar-refractivity contribution in [3.8, 4) is 0 Å². The van der Waals surface area contributed by atoms with Crippen LogP contribution < -0.4 is 11.1 Å². The Hall–Kier alpha value is -0.380. The lowest BCUT2D eigenvalue weighted by Crippen LogP contribution is -2.31. The van der Waals surface area contributed by atoms with E-state index in [0.717, 1.165) is 23.4 Å². The first-order valence-corrected chi connectivity index (χ1v) is 6.77. The maximum absolute atomic E-state index is 6.23. The molecule has 1 fully saturated rings. The molecular formula is C13H19BrN2. The van der Waals surface area contributed by atoms with E-state index >= 15 is 0 Å². The fraction of sp³-hybridized carbons (Fsp3) is 0.538. The Morgan fingerprint density at radius 1 is 1.38 bits per heavy atom. The van der Waals surface area contributed by atoms with Gasteiger partial charge in [0.15, 0.2) is 0 Å². The van der Waals surface area contributed by atoms with Gasteiger partial charge in [0.25, 0.3) is 0 Å². The number of piperidine rings is 1. The number of rotatable bonds is 3. The van der Waals surface area contributed by atoms with Crippen molar-refractivity contribution in [2.45, 2.75) is 25.3 Å². The molecule has 2 atom stereocenters. The van der Waals surface area contributed by atoms with Gasteiger partial charge in [0, 0.05) is 10.5 Å². The molecule has 0 saturated carbocycles. The van der Waals surface area contributed by atoms with Crippen LogP contribution in [0.3, 0.4) is 0 Å². The Morgan fingerprint density at radius 2 is 2.12 bits per heavy atom. The van der Waals surface area contributed by atoms with E-state index < -0.39 is 0 Å². The van der Waals surface area contributed by atoms with Crippen LogP contribution in [-0.2, 0) is 0 Å². The zero-order chi connectivity index (χ0) is 11.4. The highest BCUT2D eigenvalue weighted by molar-refractivity contribution is 9.10. The molecule has 1 saturated heterocycles. The molecule has 0 aromatic heterocycles. The summed E-state index contributed by atoms with van der Waals surface area (Å²) in [6, 6.07) is 8.54. The number of halogens is 1. The fourth-order valence-corrected chi connectivity index (χ4v) is 2.59. The topological polar surface area (TPSA) is 38.0 Å². The first-order chi connectivity index (χ1) is 7.75. The van der Waals surface area contributed by atoms with Gasteiger partial charge in [0.1, 0.15) is 0 Å². The Bertz CT molecular complexity index is 317. The average Bonchev–Trinajstić information content (AvgIpc) is 2.31. The molecule has 0 spiro atoms. The summed E-state index contributed by atoms with van der Waals surface area (Å²) in [5.41, 5.74) is 7.48. The Morgan fingerprint density at radius 3 is 2.75 bits per heavy atom. The molecule has 1 aromatic rings. The zero-order valence-electron chi connectivity index (χ0n) is 9.45. The second-order valence-corrected chi connectivity index (χ2v) is 5.52. The molecule has 1 aromatic carbocycles. The summed E-state index contributed by atoms with van der Waals surface area (Å²) < 4.78 is 1.11. The van der Waals surface area contributed by atoms with Crippen LogP contribution in [-0.4, -0.2) is 13.1 Å². The third-order valence-corrected chi connectivity index (χ3v) is 3.81. The van der Waals surface area contributed by atoms with Gasteiger partial charge in [-0.05, 0) is 56.0 Å². The highest BCUT2D eigenvalue weighted by Gasteiger charge is 2.17. The molecule has 3 N–H and O–H groups in total. The number of benzene rings is 1. The third kappa shape index (κ3) is 3.30. The van der Waals surface area contributed by atoms with Crippen molar-refractivity contribution in [1.29, 1.82) is 0 Å². The van der Waals surface area contributed by atoms with Gasteiger partial charge >= 0.3 is 0 Å². The zero-order valence-corrected chi connectivity index (χ0v) is 11.0. The van der Waals surface area contributed by atoms with Gasteiger partial charge in [-0.25, -0.2) is 0 Å². The van der Waals surface area contributed by atoms with Crippen molar-refractivity contribution in [1.82, 2.24) is 5.32 Å². The molecule has 2 unspecified atom stereocenters. The van der Waals surface area contributed by atoms with Crippen LogP contribution in [0.25, 0.3) is 0 Å². The predicted octanol–water partition coefficient (Wildman–Crippen LogP) is 2.84. The van der Waals surface area contributed by atoms with Gasteiger partial charge in [-0.2, -0.15) is 0 Å². The van der Waals surface area contributed by atoms with Gasteiger partial charge < -0.3 is 11.1 Å². The first-order valence-electron chi connectivity index (χ1n) is 5.97. The van der Waals surface area contributed by atoms with E-state index in [2.05, 4.69) is 45.5 Å². The molecule has 16 heavy (non-hydrogen) atoms. The molecule has 1 aliphatic rings. The van der Waals surface area contributed by atoms with Crippen LogP contribution >= 0.6 is 15.9 Å². The van der Waals surface area contributed by atoms with Crippen molar-refractivity contribution in [2.75, 3.05) is 13.1 Å². The third-order valence-electron chi connectivity index (χ3n) is 3.28. The fourth-order valence-electron chi connectivity index (χ4n) is 2.33. The van der Waals surface area contributed by atoms with Crippen molar-refractivity contribution < 1.29 is 0 Å². The van der Waals surface area contributed by atoms with Crippen LogP contribution in [0.4, 0.5) is 0 Å². The lowest BCUT2D eigenvalue weighted by molar-refractivity contribution is 0.337. The minimum absolute atomic E-state index is 0.179. The monoisotopic (exact) mass is 282 g/mol.